The van der Waals surface area contributed by atoms with E-state index in [9.17, 15) is 4.79 Å². The second-order valence-electron chi connectivity index (χ2n) is 7.25. The van der Waals surface area contributed by atoms with Gasteiger partial charge in [-0.3, -0.25) is 0 Å². The molecule has 1 aromatic heterocycles. The lowest BCUT2D eigenvalue weighted by Gasteiger charge is -2.22. The summed E-state index contributed by atoms with van der Waals surface area (Å²) < 4.78 is 6.04. The number of aromatic nitrogens is 1. The number of rotatable bonds is 3. The van der Waals surface area contributed by atoms with Gasteiger partial charge in [0, 0.05) is 12.2 Å². The highest BCUT2D eigenvalue weighted by atomic mass is 16.4. The van der Waals surface area contributed by atoms with Gasteiger partial charge < -0.3 is 14.6 Å². The van der Waals surface area contributed by atoms with Gasteiger partial charge in [-0.15, -0.1) is 0 Å². The molecule has 3 aromatic carbocycles. The summed E-state index contributed by atoms with van der Waals surface area (Å²) in [5.41, 5.74) is 4.59. The third kappa shape index (κ3) is 3.47. The molecule has 0 saturated carbocycles. The minimum absolute atomic E-state index is 0.120. The predicted molar refractivity (Wildman–Crippen MR) is 114 cm³/mol. The zero-order valence-corrected chi connectivity index (χ0v) is 15.9. The Balaban J connectivity index is 1.41. The molecule has 0 bridgehead atoms. The average molecular weight is 383 g/mol. The molecule has 2 amide bonds. The lowest BCUT2D eigenvalue weighted by atomic mass is 10.1. The van der Waals surface area contributed by atoms with Crippen LogP contribution >= 0.6 is 0 Å². The van der Waals surface area contributed by atoms with Crippen LogP contribution in [0.25, 0.3) is 22.2 Å². The van der Waals surface area contributed by atoms with Crippen LogP contribution in [0.1, 0.15) is 24.8 Å². The van der Waals surface area contributed by atoms with Gasteiger partial charge in [0.15, 0.2) is 5.58 Å². The first-order valence-electron chi connectivity index (χ1n) is 9.86. The van der Waals surface area contributed by atoms with Crippen LogP contribution in [0.5, 0.6) is 0 Å². The highest BCUT2D eigenvalue weighted by molar-refractivity contribution is 5.89. The Bertz CT molecular complexity index is 1140. The summed E-state index contributed by atoms with van der Waals surface area (Å²) in [4.78, 5) is 19.3. The van der Waals surface area contributed by atoms with Crippen LogP contribution < -0.4 is 5.32 Å². The number of likely N-dealkylation sites (tertiary alicyclic amines) is 1. The van der Waals surface area contributed by atoms with E-state index in [2.05, 4.69) is 17.4 Å². The number of para-hydroxylation sites is 1. The second-order valence-corrected chi connectivity index (χ2v) is 7.25. The number of hydrogen-bond acceptors (Lipinski definition) is 3. The summed E-state index contributed by atoms with van der Waals surface area (Å²) in [7, 11) is 0. The highest BCUT2D eigenvalue weighted by Crippen LogP contribution is 2.34. The number of nitrogens with zero attached hydrogens (tertiary/aromatic N) is 2. The molecule has 1 N–H and O–H groups in total. The van der Waals surface area contributed by atoms with E-state index >= 15 is 0 Å². The third-order valence-corrected chi connectivity index (χ3v) is 5.34. The largest absolute Gasteiger partial charge is 0.438 e. The van der Waals surface area contributed by atoms with Crippen molar-refractivity contribution in [1.82, 2.24) is 9.88 Å². The molecule has 1 aliphatic heterocycles. The van der Waals surface area contributed by atoms with Gasteiger partial charge in [-0.05, 0) is 48.2 Å². The molecule has 2 heterocycles. The normalized spacial score (nSPS) is 16.3. The molecule has 5 rings (SSSR count). The van der Waals surface area contributed by atoms with Crippen molar-refractivity contribution in [2.24, 2.45) is 0 Å². The van der Waals surface area contributed by atoms with Crippen molar-refractivity contribution in [3.8, 4) is 11.1 Å². The van der Waals surface area contributed by atoms with Crippen molar-refractivity contribution in [2.45, 2.75) is 18.9 Å². The quantitative estimate of drug-likeness (QED) is 0.482. The van der Waals surface area contributed by atoms with Gasteiger partial charge in [-0.2, -0.15) is 0 Å². The van der Waals surface area contributed by atoms with E-state index in [1.807, 2.05) is 71.6 Å². The number of carbonyl (C=O) groups excluding carboxylic acids is 1. The number of urea groups is 1. The molecular weight excluding hydrogens is 362 g/mol. The number of fused-ring (bicyclic) bond motifs is 1. The Kier molecular flexibility index (Phi) is 4.48. The van der Waals surface area contributed by atoms with Crippen molar-refractivity contribution < 1.29 is 9.21 Å². The molecule has 1 aliphatic rings. The molecule has 1 atom stereocenters. The molecule has 144 valence electrons. The molecule has 1 unspecified atom stereocenters. The van der Waals surface area contributed by atoms with E-state index in [1.54, 1.807) is 0 Å². The van der Waals surface area contributed by atoms with Gasteiger partial charge in [0.05, 0.1) is 0 Å². The first kappa shape index (κ1) is 17.5. The van der Waals surface area contributed by atoms with Crippen LogP contribution in [0.15, 0.2) is 83.3 Å². The lowest BCUT2D eigenvalue weighted by Crippen LogP contribution is -2.34. The summed E-state index contributed by atoms with van der Waals surface area (Å²) in [6.07, 6.45) is 1.78. The van der Waals surface area contributed by atoms with Gasteiger partial charge in [-0.25, -0.2) is 9.78 Å². The molecule has 4 aromatic rings. The van der Waals surface area contributed by atoms with Crippen LogP contribution in [-0.4, -0.2) is 22.5 Å². The molecule has 0 spiro atoms. The first-order chi connectivity index (χ1) is 14.3. The Labute approximate surface area is 169 Å². The summed E-state index contributed by atoms with van der Waals surface area (Å²) in [6, 6.07) is 25.5. The average Bonchev–Trinajstić information content (AvgIpc) is 3.41. The second kappa shape index (κ2) is 7.43. The SMILES string of the molecule is O=C(Nc1ccccc1)N1CCCC1c1nc2cc(-c3ccccc3)ccc2o1. The molecule has 5 heteroatoms. The molecule has 0 aliphatic carbocycles. The number of hydrogen-bond donors (Lipinski definition) is 1. The van der Waals surface area contributed by atoms with Crippen LogP contribution in [0, 0.1) is 0 Å². The minimum Gasteiger partial charge on any atom is -0.438 e. The fourth-order valence-corrected chi connectivity index (χ4v) is 3.88. The lowest BCUT2D eigenvalue weighted by molar-refractivity contribution is 0.199. The molecule has 0 radical (unpaired) electrons. The van der Waals surface area contributed by atoms with Gasteiger partial charge >= 0.3 is 6.03 Å². The van der Waals surface area contributed by atoms with Crippen molar-refractivity contribution in [2.75, 3.05) is 11.9 Å². The van der Waals surface area contributed by atoms with Gasteiger partial charge in [0.25, 0.3) is 0 Å². The Morgan fingerprint density at radius 3 is 2.52 bits per heavy atom. The molecular formula is C24H21N3O2. The Hall–Kier alpha value is -3.60. The standard InChI is InChI=1S/C24H21N3O2/c28-24(25-19-10-5-2-6-11-19)27-15-7-12-21(27)23-26-20-16-18(13-14-22(20)29-23)17-8-3-1-4-9-17/h1-6,8-11,13-14,16,21H,7,12,15H2,(H,25,28). The van der Waals surface area contributed by atoms with Crippen LogP contribution in [-0.2, 0) is 0 Å². The fraction of sp³-hybridized carbons (Fsp3) is 0.167. The van der Waals surface area contributed by atoms with Crippen molar-refractivity contribution in [3.63, 3.8) is 0 Å². The van der Waals surface area contributed by atoms with E-state index in [0.29, 0.717) is 12.4 Å². The number of oxazole rings is 1. The van der Waals surface area contributed by atoms with Gasteiger partial charge in [0.1, 0.15) is 11.6 Å². The monoisotopic (exact) mass is 383 g/mol. The maximum Gasteiger partial charge on any atom is 0.322 e. The van der Waals surface area contributed by atoms with Crippen molar-refractivity contribution in [1.29, 1.82) is 0 Å². The van der Waals surface area contributed by atoms with Crippen LogP contribution in [0.3, 0.4) is 0 Å². The van der Waals surface area contributed by atoms with Crippen LogP contribution in [0.2, 0.25) is 0 Å². The summed E-state index contributed by atoms with van der Waals surface area (Å²) in [6.45, 7) is 0.692. The zero-order valence-electron chi connectivity index (χ0n) is 15.9. The Morgan fingerprint density at radius 2 is 1.72 bits per heavy atom. The van der Waals surface area contributed by atoms with Crippen molar-refractivity contribution in [3.05, 3.63) is 84.8 Å². The van der Waals surface area contributed by atoms with E-state index < -0.39 is 0 Å². The van der Waals surface area contributed by atoms with E-state index in [0.717, 1.165) is 40.8 Å². The van der Waals surface area contributed by atoms with Gasteiger partial charge in [-0.1, -0.05) is 54.6 Å². The van der Waals surface area contributed by atoms with E-state index in [1.165, 1.54) is 0 Å². The third-order valence-electron chi connectivity index (χ3n) is 5.34. The maximum absolute atomic E-state index is 12.8. The van der Waals surface area contributed by atoms with Gasteiger partial charge in [0.2, 0.25) is 5.89 Å². The molecule has 1 saturated heterocycles. The summed E-state index contributed by atoms with van der Waals surface area (Å²) in [5, 5.41) is 2.97. The zero-order chi connectivity index (χ0) is 19.6. The maximum atomic E-state index is 12.8. The number of anilines is 1. The molecule has 1 fully saturated rings. The number of carbonyl (C=O) groups is 1. The molecule has 5 nitrogen and oxygen atoms in total. The fourth-order valence-electron chi connectivity index (χ4n) is 3.88. The summed E-state index contributed by atoms with van der Waals surface area (Å²) in [5.74, 6) is 0.603. The first-order valence-corrected chi connectivity index (χ1v) is 9.86. The number of benzene rings is 3. The molecule has 29 heavy (non-hydrogen) atoms. The number of nitrogens with one attached hydrogen (secondary N) is 1. The number of amides is 2. The Morgan fingerprint density at radius 1 is 0.966 bits per heavy atom. The smallest absolute Gasteiger partial charge is 0.322 e. The van der Waals surface area contributed by atoms with Crippen LogP contribution in [0.4, 0.5) is 10.5 Å². The predicted octanol–water partition coefficient (Wildman–Crippen LogP) is 5.86. The topological polar surface area (TPSA) is 58.4 Å². The van der Waals surface area contributed by atoms with Crippen molar-refractivity contribution >= 4 is 22.8 Å². The highest BCUT2D eigenvalue weighted by Gasteiger charge is 2.33. The van der Waals surface area contributed by atoms with E-state index in [-0.39, 0.29) is 12.1 Å². The van der Waals surface area contributed by atoms with E-state index in [4.69, 9.17) is 9.40 Å². The minimum atomic E-state index is -0.147. The summed E-state index contributed by atoms with van der Waals surface area (Å²) >= 11 is 0.